The molecule has 256 valence electrons. The molecule has 0 aromatic carbocycles. The van der Waals surface area contributed by atoms with E-state index >= 15 is 0 Å². The molecule has 0 bridgehead atoms. The number of carbonyl (C=O) groups is 2. The lowest BCUT2D eigenvalue weighted by Crippen LogP contribution is -2.49. The Kier molecular flexibility index (Phi) is 28.9. The quantitative estimate of drug-likeness (QED) is 0.0321. The van der Waals surface area contributed by atoms with E-state index < -0.39 is 43.0 Å². The van der Waals surface area contributed by atoms with Crippen LogP contribution in [0.4, 0.5) is 0 Å². The van der Waals surface area contributed by atoms with Crippen LogP contribution in [0.5, 0.6) is 0 Å². The van der Waals surface area contributed by atoms with E-state index in [1.54, 1.807) is 0 Å². The van der Waals surface area contributed by atoms with Gasteiger partial charge in [0, 0.05) is 6.42 Å². The van der Waals surface area contributed by atoms with E-state index in [9.17, 15) is 30.0 Å². The molecule has 8 heteroatoms. The number of aliphatic hydroxyl groups is 5. The zero-order valence-corrected chi connectivity index (χ0v) is 27.7. The molecule has 0 aromatic heterocycles. The molecule has 0 saturated carbocycles. The molecule has 0 fully saturated rings. The van der Waals surface area contributed by atoms with Gasteiger partial charge in [0.25, 0.3) is 0 Å². The zero-order chi connectivity index (χ0) is 32.1. The summed E-state index contributed by atoms with van der Waals surface area (Å²) in [5, 5.41) is 48.0. The van der Waals surface area contributed by atoms with Crippen LogP contribution in [0.15, 0.2) is 0 Å². The molecule has 0 rings (SSSR count). The van der Waals surface area contributed by atoms with Crippen LogP contribution < -0.4 is 0 Å². The first-order valence-corrected chi connectivity index (χ1v) is 17.9. The van der Waals surface area contributed by atoms with Gasteiger partial charge in [-0.2, -0.15) is 0 Å². The van der Waals surface area contributed by atoms with Crippen LogP contribution in [0.2, 0.25) is 0 Å². The molecule has 0 amide bonds. The van der Waals surface area contributed by atoms with Gasteiger partial charge in [0.2, 0.25) is 0 Å². The minimum Gasteiger partial charge on any atom is -0.394 e. The van der Waals surface area contributed by atoms with Crippen molar-refractivity contribution >= 4 is 11.9 Å². The van der Waals surface area contributed by atoms with Gasteiger partial charge in [-0.05, 0) is 18.8 Å². The Balaban J connectivity index is 4.50. The lowest BCUT2D eigenvalue weighted by atomic mass is 9.91. The first kappa shape index (κ1) is 41.9. The van der Waals surface area contributed by atoms with Crippen molar-refractivity contribution in [2.75, 3.05) is 6.61 Å². The first-order chi connectivity index (χ1) is 20.8. The van der Waals surface area contributed by atoms with E-state index in [0.717, 1.165) is 38.5 Å². The molecule has 0 saturated heterocycles. The summed E-state index contributed by atoms with van der Waals surface area (Å²) in [5.74, 6) is -2.05. The molecular weight excluding hydrogens is 548 g/mol. The summed E-state index contributed by atoms with van der Waals surface area (Å²) in [6.45, 7) is 3.61. The average Bonchev–Trinajstić information content (AvgIpc) is 3.00. The highest BCUT2D eigenvalue weighted by Crippen LogP contribution is 2.23. The second-order valence-electron chi connectivity index (χ2n) is 12.7. The van der Waals surface area contributed by atoms with Crippen molar-refractivity contribution in [3.05, 3.63) is 0 Å². The van der Waals surface area contributed by atoms with Crippen LogP contribution >= 0.6 is 0 Å². The van der Waals surface area contributed by atoms with Crippen LogP contribution in [-0.2, 0) is 14.3 Å². The predicted molar refractivity (Wildman–Crippen MR) is 172 cm³/mol. The highest BCUT2D eigenvalue weighted by atomic mass is 16.6. The Bertz CT molecular complexity index is 643. The first-order valence-electron chi connectivity index (χ1n) is 17.9. The molecule has 0 radical (unpaired) electrons. The molecule has 8 nitrogen and oxygen atoms in total. The van der Waals surface area contributed by atoms with Crippen LogP contribution in [0, 0.1) is 5.92 Å². The number of carbonyl (C=O) groups excluding carboxylic acids is 2. The van der Waals surface area contributed by atoms with E-state index in [0.29, 0.717) is 0 Å². The molecule has 43 heavy (non-hydrogen) atoms. The maximum atomic E-state index is 12.6. The summed E-state index contributed by atoms with van der Waals surface area (Å²) in [6, 6.07) is 0. The highest BCUT2D eigenvalue weighted by molar-refractivity contribution is 5.88. The highest BCUT2D eigenvalue weighted by Gasteiger charge is 2.36. The van der Waals surface area contributed by atoms with Gasteiger partial charge in [-0.3, -0.25) is 4.79 Å². The van der Waals surface area contributed by atoms with E-state index in [4.69, 9.17) is 9.84 Å². The molecule has 1 unspecified atom stereocenters. The van der Waals surface area contributed by atoms with Gasteiger partial charge in [-0.15, -0.1) is 0 Å². The molecule has 0 aromatic rings. The van der Waals surface area contributed by atoms with Gasteiger partial charge in [0.15, 0.2) is 6.10 Å². The maximum Gasteiger partial charge on any atom is 0.345 e. The lowest BCUT2D eigenvalue weighted by Gasteiger charge is -2.24. The van der Waals surface area contributed by atoms with Gasteiger partial charge in [-0.25, -0.2) is 4.79 Å². The summed E-state index contributed by atoms with van der Waals surface area (Å²) < 4.78 is 4.80. The summed E-state index contributed by atoms with van der Waals surface area (Å²) >= 11 is 0. The van der Waals surface area contributed by atoms with Crippen molar-refractivity contribution < 1.29 is 39.9 Å². The zero-order valence-electron chi connectivity index (χ0n) is 27.7. The molecular formula is C35H68O8. The van der Waals surface area contributed by atoms with Gasteiger partial charge in [0.1, 0.15) is 18.3 Å². The van der Waals surface area contributed by atoms with Gasteiger partial charge < -0.3 is 30.3 Å². The summed E-state index contributed by atoms with van der Waals surface area (Å²) in [6.07, 6.45) is 21.4. The molecule has 5 atom stereocenters. The largest absolute Gasteiger partial charge is 0.394 e. The van der Waals surface area contributed by atoms with Crippen LogP contribution in [0.3, 0.4) is 0 Å². The number of unbranched alkanes of at least 4 members (excludes halogenated alkanes) is 20. The van der Waals surface area contributed by atoms with Gasteiger partial charge in [-0.1, -0.05) is 155 Å². The fourth-order valence-corrected chi connectivity index (χ4v) is 5.65. The van der Waals surface area contributed by atoms with E-state index in [2.05, 4.69) is 13.8 Å². The van der Waals surface area contributed by atoms with Crippen molar-refractivity contribution in [3.63, 3.8) is 0 Å². The number of aliphatic hydroxyl groups excluding tert-OH is 5. The number of rotatable bonds is 31. The molecule has 0 aliphatic rings. The third-order valence-corrected chi connectivity index (χ3v) is 8.60. The topological polar surface area (TPSA) is 145 Å². The predicted octanol–water partition coefficient (Wildman–Crippen LogP) is 6.90. The van der Waals surface area contributed by atoms with Gasteiger partial charge >= 0.3 is 11.9 Å². The third kappa shape index (κ3) is 23.9. The minimum atomic E-state index is -2.21. The minimum absolute atomic E-state index is 0.0613. The van der Waals surface area contributed by atoms with Crippen molar-refractivity contribution in [1.82, 2.24) is 0 Å². The summed E-state index contributed by atoms with van der Waals surface area (Å²) in [4.78, 5) is 24.8. The molecule has 0 aliphatic heterocycles. The normalized spacial score (nSPS) is 15.1. The van der Waals surface area contributed by atoms with Crippen molar-refractivity contribution in [2.45, 2.75) is 199 Å². The third-order valence-electron chi connectivity index (χ3n) is 8.60. The van der Waals surface area contributed by atoms with E-state index in [-0.39, 0.29) is 12.3 Å². The molecule has 0 aliphatic carbocycles. The Labute approximate surface area is 263 Å². The van der Waals surface area contributed by atoms with Crippen LogP contribution in [-0.4, -0.2) is 68.5 Å². The van der Waals surface area contributed by atoms with E-state index in [1.165, 1.54) is 116 Å². The smallest absolute Gasteiger partial charge is 0.345 e. The second kappa shape index (κ2) is 29.6. The monoisotopic (exact) mass is 616 g/mol. The standard InChI is InChI=1S/C35H68O8/c1-3-5-7-9-11-13-15-16-18-20-22-24-26-29(25-23-21-19-17-14-12-10-8-6-4-2)27-31(38)43-35(42)34(41)33(40)32(39)30(37)28-36/h29-30,32-34,36-37,39-41H,3-28H2,1-2H3/t29?,30-,32-,33+,34-/m1/s1. The van der Waals surface area contributed by atoms with Crippen LogP contribution in [0.25, 0.3) is 0 Å². The van der Waals surface area contributed by atoms with Crippen molar-refractivity contribution in [3.8, 4) is 0 Å². The molecule has 0 spiro atoms. The Morgan fingerprint density at radius 1 is 0.535 bits per heavy atom. The SMILES string of the molecule is CCCCCCCCCCCCCCC(CCCCCCCCCCCC)CC(=O)OC(=O)[C@H](O)[C@@H](O)[C@H](O)[C@H](O)CO. The maximum absolute atomic E-state index is 12.6. The van der Waals surface area contributed by atoms with Crippen molar-refractivity contribution in [2.24, 2.45) is 5.92 Å². The number of ether oxygens (including phenoxy) is 1. The number of esters is 2. The Morgan fingerprint density at radius 2 is 0.884 bits per heavy atom. The van der Waals surface area contributed by atoms with Gasteiger partial charge in [0.05, 0.1) is 6.61 Å². The molecule has 5 N–H and O–H groups in total. The Hall–Kier alpha value is -1.06. The number of hydrogen-bond donors (Lipinski definition) is 5. The van der Waals surface area contributed by atoms with Crippen molar-refractivity contribution in [1.29, 1.82) is 0 Å². The average molecular weight is 617 g/mol. The Morgan fingerprint density at radius 3 is 1.23 bits per heavy atom. The fourth-order valence-electron chi connectivity index (χ4n) is 5.65. The number of hydrogen-bond acceptors (Lipinski definition) is 8. The summed E-state index contributed by atoms with van der Waals surface area (Å²) in [5.41, 5.74) is 0. The van der Waals surface area contributed by atoms with Crippen LogP contribution in [0.1, 0.15) is 174 Å². The van der Waals surface area contributed by atoms with E-state index in [1.807, 2.05) is 0 Å². The second-order valence-corrected chi connectivity index (χ2v) is 12.7. The molecule has 0 heterocycles. The lowest BCUT2D eigenvalue weighted by molar-refractivity contribution is -0.177. The summed E-state index contributed by atoms with van der Waals surface area (Å²) in [7, 11) is 0. The fraction of sp³-hybridized carbons (Fsp3) is 0.943.